The minimum absolute atomic E-state index is 0.0383. The van der Waals surface area contributed by atoms with E-state index in [4.69, 9.17) is 21.1 Å². The second-order valence-electron chi connectivity index (χ2n) is 7.65. The number of hydrogen-bond acceptors (Lipinski definition) is 5. The SMILES string of the molecule is COC(=O)c1cc(Cl)ccc1C=CCn1cccc1C(=O)c1ccc(N2CCOCC2)cc1. The molecule has 0 N–H and O–H groups in total. The number of anilines is 1. The molecule has 1 saturated heterocycles. The number of carbonyl (C=O) groups excluding carboxylic acids is 2. The number of benzene rings is 2. The summed E-state index contributed by atoms with van der Waals surface area (Å²) in [5, 5.41) is 0.463. The highest BCUT2D eigenvalue weighted by atomic mass is 35.5. The van der Waals surface area contributed by atoms with Crippen molar-refractivity contribution in [2.75, 3.05) is 38.3 Å². The molecular formula is C26H25ClN2O4. The fourth-order valence-corrected chi connectivity index (χ4v) is 4.00. The van der Waals surface area contributed by atoms with E-state index in [1.165, 1.54) is 7.11 Å². The molecule has 6 nitrogen and oxygen atoms in total. The molecule has 1 fully saturated rings. The number of nitrogens with zero attached hydrogens (tertiary/aromatic N) is 2. The third-order valence-electron chi connectivity index (χ3n) is 5.59. The van der Waals surface area contributed by atoms with Crippen molar-refractivity contribution in [3.8, 4) is 0 Å². The van der Waals surface area contributed by atoms with Crippen LogP contribution in [0, 0.1) is 0 Å². The predicted octanol–water partition coefficient (Wildman–Crippen LogP) is 4.71. The lowest BCUT2D eigenvalue weighted by atomic mass is 10.1. The Morgan fingerprint density at radius 1 is 1.09 bits per heavy atom. The highest BCUT2D eigenvalue weighted by molar-refractivity contribution is 6.31. The van der Waals surface area contributed by atoms with Gasteiger partial charge < -0.3 is 18.9 Å². The Morgan fingerprint density at radius 2 is 1.85 bits per heavy atom. The van der Waals surface area contributed by atoms with Crippen LogP contribution in [0.25, 0.3) is 6.08 Å². The molecule has 33 heavy (non-hydrogen) atoms. The number of ether oxygens (including phenoxy) is 2. The molecule has 0 unspecified atom stereocenters. The van der Waals surface area contributed by atoms with Crippen molar-refractivity contribution in [2.45, 2.75) is 6.54 Å². The van der Waals surface area contributed by atoms with E-state index in [2.05, 4.69) is 4.90 Å². The molecule has 1 aliphatic rings. The van der Waals surface area contributed by atoms with Gasteiger partial charge >= 0.3 is 5.97 Å². The zero-order valence-electron chi connectivity index (χ0n) is 18.4. The van der Waals surface area contributed by atoms with E-state index in [1.807, 2.05) is 59.3 Å². The number of halogens is 1. The number of rotatable bonds is 7. The molecule has 170 valence electrons. The van der Waals surface area contributed by atoms with Gasteiger partial charge in [0.2, 0.25) is 5.78 Å². The highest BCUT2D eigenvalue weighted by Gasteiger charge is 2.15. The van der Waals surface area contributed by atoms with Crippen molar-refractivity contribution in [1.82, 2.24) is 4.57 Å². The number of esters is 1. The van der Waals surface area contributed by atoms with Gasteiger partial charge in [-0.25, -0.2) is 4.79 Å². The first-order valence-corrected chi connectivity index (χ1v) is 11.1. The van der Waals surface area contributed by atoms with Gasteiger partial charge in [-0.2, -0.15) is 0 Å². The van der Waals surface area contributed by atoms with Crippen LogP contribution in [-0.2, 0) is 16.0 Å². The van der Waals surface area contributed by atoms with Gasteiger partial charge in [-0.15, -0.1) is 0 Å². The van der Waals surface area contributed by atoms with Gasteiger partial charge in [-0.05, 0) is 54.1 Å². The first kappa shape index (κ1) is 22.8. The summed E-state index contributed by atoms with van der Waals surface area (Å²) in [6.45, 7) is 3.63. The minimum Gasteiger partial charge on any atom is -0.465 e. The molecule has 4 rings (SSSR count). The van der Waals surface area contributed by atoms with Crippen LogP contribution in [0.2, 0.25) is 5.02 Å². The Balaban J connectivity index is 1.47. The molecule has 7 heteroatoms. The molecule has 1 aromatic heterocycles. The molecular weight excluding hydrogens is 440 g/mol. The lowest BCUT2D eigenvalue weighted by Gasteiger charge is -2.28. The molecule has 1 aliphatic heterocycles. The molecule has 0 radical (unpaired) electrons. The Kier molecular flexibility index (Phi) is 7.27. The minimum atomic E-state index is -0.450. The number of methoxy groups -OCH3 is 1. The molecule has 2 heterocycles. The number of ketones is 1. The summed E-state index contributed by atoms with van der Waals surface area (Å²) in [6.07, 6.45) is 5.59. The number of allylic oxidation sites excluding steroid dienone is 1. The number of morpholine rings is 1. The van der Waals surface area contributed by atoms with E-state index in [9.17, 15) is 9.59 Å². The van der Waals surface area contributed by atoms with Gasteiger partial charge in [-0.3, -0.25) is 4.79 Å². The van der Waals surface area contributed by atoms with Crippen LogP contribution in [0.1, 0.15) is 32.0 Å². The highest BCUT2D eigenvalue weighted by Crippen LogP contribution is 2.20. The van der Waals surface area contributed by atoms with Gasteiger partial charge in [0.25, 0.3) is 0 Å². The monoisotopic (exact) mass is 464 g/mol. The molecule has 0 aliphatic carbocycles. The summed E-state index contributed by atoms with van der Waals surface area (Å²) >= 11 is 6.02. The quantitative estimate of drug-likeness (QED) is 0.374. The average molecular weight is 465 g/mol. The van der Waals surface area contributed by atoms with Crippen molar-refractivity contribution < 1.29 is 19.1 Å². The van der Waals surface area contributed by atoms with Crippen molar-refractivity contribution in [2.24, 2.45) is 0 Å². The molecule has 2 aromatic carbocycles. The van der Waals surface area contributed by atoms with Crippen molar-refractivity contribution in [3.63, 3.8) is 0 Å². The summed E-state index contributed by atoms with van der Waals surface area (Å²) in [5.41, 5.74) is 3.43. The van der Waals surface area contributed by atoms with Gasteiger partial charge in [0.15, 0.2) is 0 Å². The first-order chi connectivity index (χ1) is 16.1. The normalized spacial score (nSPS) is 13.9. The fraction of sp³-hybridized carbons (Fsp3) is 0.231. The lowest BCUT2D eigenvalue weighted by Crippen LogP contribution is -2.36. The molecule has 0 saturated carbocycles. The van der Waals surface area contributed by atoms with Crippen LogP contribution >= 0.6 is 11.6 Å². The summed E-state index contributed by atoms with van der Waals surface area (Å²) in [7, 11) is 1.34. The average Bonchev–Trinajstić information content (AvgIpc) is 3.33. The van der Waals surface area contributed by atoms with E-state index < -0.39 is 5.97 Å². The van der Waals surface area contributed by atoms with Crippen LogP contribution in [0.5, 0.6) is 0 Å². The lowest BCUT2D eigenvalue weighted by molar-refractivity contribution is 0.0600. The fourth-order valence-electron chi connectivity index (χ4n) is 3.83. The van der Waals surface area contributed by atoms with E-state index in [0.717, 1.165) is 32.0 Å². The Morgan fingerprint density at radius 3 is 2.58 bits per heavy atom. The first-order valence-electron chi connectivity index (χ1n) is 10.7. The van der Waals surface area contributed by atoms with Crippen LogP contribution in [0.4, 0.5) is 5.69 Å². The largest absolute Gasteiger partial charge is 0.465 e. The molecule has 3 aromatic rings. The van der Waals surface area contributed by atoms with E-state index in [0.29, 0.717) is 34.0 Å². The van der Waals surface area contributed by atoms with E-state index >= 15 is 0 Å². The van der Waals surface area contributed by atoms with Gasteiger partial charge in [0.1, 0.15) is 0 Å². The zero-order chi connectivity index (χ0) is 23.2. The van der Waals surface area contributed by atoms with E-state index in [-0.39, 0.29) is 5.78 Å². The number of hydrogen-bond donors (Lipinski definition) is 0. The molecule has 0 atom stereocenters. The molecule has 0 amide bonds. The molecule has 0 bridgehead atoms. The number of aromatic nitrogens is 1. The number of carbonyl (C=O) groups is 2. The van der Waals surface area contributed by atoms with Gasteiger partial charge in [0, 0.05) is 42.1 Å². The second kappa shape index (κ2) is 10.5. The van der Waals surface area contributed by atoms with Crippen LogP contribution < -0.4 is 4.90 Å². The summed E-state index contributed by atoms with van der Waals surface area (Å²) < 4.78 is 12.1. The Bertz CT molecular complexity index is 1160. The maximum atomic E-state index is 13.1. The summed E-state index contributed by atoms with van der Waals surface area (Å²) in [5.74, 6) is -0.488. The maximum absolute atomic E-state index is 13.1. The maximum Gasteiger partial charge on any atom is 0.338 e. The third-order valence-corrected chi connectivity index (χ3v) is 5.82. The second-order valence-corrected chi connectivity index (χ2v) is 8.08. The smallest absolute Gasteiger partial charge is 0.338 e. The van der Waals surface area contributed by atoms with Crippen LogP contribution in [-0.4, -0.2) is 49.7 Å². The zero-order valence-corrected chi connectivity index (χ0v) is 19.1. The van der Waals surface area contributed by atoms with Crippen molar-refractivity contribution in [1.29, 1.82) is 0 Å². The van der Waals surface area contributed by atoms with Gasteiger partial charge in [0.05, 0.1) is 31.6 Å². The van der Waals surface area contributed by atoms with Crippen molar-refractivity contribution >= 4 is 35.1 Å². The van der Waals surface area contributed by atoms with Crippen LogP contribution in [0.15, 0.2) is 66.9 Å². The topological polar surface area (TPSA) is 60.8 Å². The molecule has 0 spiro atoms. The van der Waals surface area contributed by atoms with Crippen molar-refractivity contribution in [3.05, 3.63) is 94.3 Å². The Hall–Kier alpha value is -3.35. The standard InChI is InChI=1S/C26H25ClN2O4/c1-32-26(31)23-18-21(27)9-6-19(23)4-2-12-29-13-3-5-24(29)25(30)20-7-10-22(11-8-20)28-14-16-33-17-15-28/h2-11,13,18H,12,14-17H2,1H3. The van der Waals surface area contributed by atoms with Crippen LogP contribution in [0.3, 0.4) is 0 Å². The van der Waals surface area contributed by atoms with Gasteiger partial charge in [-0.1, -0.05) is 29.8 Å². The summed E-state index contributed by atoms with van der Waals surface area (Å²) in [6, 6.07) is 16.5. The summed E-state index contributed by atoms with van der Waals surface area (Å²) in [4.78, 5) is 27.4. The Labute approximate surface area is 198 Å². The third kappa shape index (κ3) is 5.35. The predicted molar refractivity (Wildman–Crippen MR) is 129 cm³/mol. The van der Waals surface area contributed by atoms with E-state index in [1.54, 1.807) is 18.2 Å².